The fourth-order valence-corrected chi connectivity index (χ4v) is 3.99. The molecule has 1 N–H and O–H groups in total. The third-order valence-electron chi connectivity index (χ3n) is 3.92. The van der Waals surface area contributed by atoms with Gasteiger partial charge in [0, 0.05) is 17.2 Å². The molecule has 102 valence electrons. The molecule has 0 aliphatic carbocycles. The third kappa shape index (κ3) is 2.67. The monoisotopic (exact) mass is 275 g/mol. The van der Waals surface area contributed by atoms with Crippen molar-refractivity contribution in [1.82, 2.24) is 5.32 Å². The number of aryl methyl sites for hydroxylation is 1. The molecule has 1 fully saturated rings. The highest BCUT2D eigenvalue weighted by atomic mass is 32.2. The Hall–Kier alpha value is -0.930. The van der Waals surface area contributed by atoms with Gasteiger partial charge in [0.15, 0.2) is 0 Å². The number of thioether (sulfide) groups is 1. The van der Waals surface area contributed by atoms with Crippen molar-refractivity contribution in [1.29, 1.82) is 0 Å². The molecule has 2 nitrogen and oxygen atoms in total. The van der Waals surface area contributed by atoms with Gasteiger partial charge in [-0.3, -0.25) is 0 Å². The van der Waals surface area contributed by atoms with Gasteiger partial charge in [-0.2, -0.15) is 11.8 Å². The predicted molar refractivity (Wildman–Crippen MR) is 82.8 cm³/mol. The van der Waals surface area contributed by atoms with Gasteiger partial charge in [0.2, 0.25) is 0 Å². The molecule has 2 atom stereocenters. The van der Waals surface area contributed by atoms with Crippen molar-refractivity contribution in [3.8, 4) is 0 Å². The van der Waals surface area contributed by atoms with Gasteiger partial charge in [-0.05, 0) is 44.1 Å². The third-order valence-corrected chi connectivity index (χ3v) is 5.14. The number of hydrogen-bond donors (Lipinski definition) is 1. The van der Waals surface area contributed by atoms with Crippen LogP contribution in [0.4, 0.5) is 0 Å². The van der Waals surface area contributed by atoms with Crippen LogP contribution in [0.1, 0.15) is 37.1 Å². The van der Waals surface area contributed by atoms with E-state index in [1.165, 1.54) is 35.3 Å². The summed E-state index contributed by atoms with van der Waals surface area (Å²) in [5.74, 6) is 3.64. The highest BCUT2D eigenvalue weighted by Crippen LogP contribution is 2.30. The Balaban J connectivity index is 1.80. The van der Waals surface area contributed by atoms with E-state index < -0.39 is 0 Å². The number of nitrogens with one attached hydrogen (secondary N) is 1. The van der Waals surface area contributed by atoms with Crippen LogP contribution in [0.5, 0.6) is 0 Å². The van der Waals surface area contributed by atoms with Gasteiger partial charge in [-0.15, -0.1) is 0 Å². The average molecular weight is 275 g/mol. The van der Waals surface area contributed by atoms with E-state index in [9.17, 15) is 0 Å². The van der Waals surface area contributed by atoms with Gasteiger partial charge in [-0.25, -0.2) is 0 Å². The van der Waals surface area contributed by atoms with Gasteiger partial charge in [-0.1, -0.05) is 18.2 Å². The minimum absolute atomic E-state index is 0.288. The van der Waals surface area contributed by atoms with Crippen molar-refractivity contribution in [2.45, 2.75) is 38.8 Å². The Morgan fingerprint density at radius 1 is 1.37 bits per heavy atom. The molecule has 0 bridgehead atoms. The van der Waals surface area contributed by atoms with Gasteiger partial charge >= 0.3 is 0 Å². The maximum Gasteiger partial charge on any atom is 0.134 e. The van der Waals surface area contributed by atoms with Crippen molar-refractivity contribution >= 4 is 22.7 Å². The normalized spacial score (nSPS) is 21.7. The molecule has 0 radical (unpaired) electrons. The van der Waals surface area contributed by atoms with E-state index in [1.54, 1.807) is 0 Å². The van der Waals surface area contributed by atoms with Crippen molar-refractivity contribution in [2.24, 2.45) is 0 Å². The number of benzene rings is 1. The number of fused-ring (bicyclic) bond motifs is 1. The van der Waals surface area contributed by atoms with Crippen LogP contribution >= 0.6 is 11.8 Å². The summed E-state index contributed by atoms with van der Waals surface area (Å²) in [5.41, 5.74) is 2.28. The molecule has 1 aliphatic heterocycles. The maximum atomic E-state index is 6.03. The maximum absolute atomic E-state index is 6.03. The van der Waals surface area contributed by atoms with Crippen LogP contribution in [0.25, 0.3) is 11.0 Å². The zero-order chi connectivity index (χ0) is 13.2. The summed E-state index contributed by atoms with van der Waals surface area (Å²) in [6, 6.07) is 9.21. The largest absolute Gasteiger partial charge is 0.459 e. The Morgan fingerprint density at radius 3 is 2.95 bits per heavy atom. The summed E-state index contributed by atoms with van der Waals surface area (Å²) in [6.45, 7) is 4.37. The molecule has 0 saturated carbocycles. The van der Waals surface area contributed by atoms with Crippen LogP contribution in [0.2, 0.25) is 0 Å². The number of rotatable bonds is 3. The standard InChI is InChI=1S/C16H21NOS/c1-11-14-7-3-4-8-15(14)18-16(11)12(2)17-13-6-5-9-19-10-13/h3-4,7-8,12-13,17H,5-6,9-10H2,1-2H3. The molecule has 1 saturated heterocycles. The lowest BCUT2D eigenvalue weighted by Crippen LogP contribution is -2.35. The van der Waals surface area contributed by atoms with Crippen LogP contribution in [0.15, 0.2) is 28.7 Å². The Kier molecular flexibility index (Phi) is 3.85. The lowest BCUT2D eigenvalue weighted by molar-refractivity contribution is 0.396. The molecular weight excluding hydrogens is 254 g/mol. The molecule has 0 spiro atoms. The number of para-hydroxylation sites is 1. The van der Waals surface area contributed by atoms with Crippen molar-refractivity contribution in [3.63, 3.8) is 0 Å². The molecule has 3 rings (SSSR count). The highest BCUT2D eigenvalue weighted by molar-refractivity contribution is 7.99. The van der Waals surface area contributed by atoms with Gasteiger partial charge in [0.05, 0.1) is 6.04 Å². The first kappa shape index (κ1) is 13.1. The topological polar surface area (TPSA) is 25.2 Å². The van der Waals surface area contributed by atoms with Gasteiger partial charge in [0.1, 0.15) is 11.3 Å². The fraction of sp³-hybridized carbons (Fsp3) is 0.500. The van der Waals surface area contributed by atoms with E-state index in [-0.39, 0.29) is 6.04 Å². The second-order valence-corrected chi connectivity index (χ2v) is 6.54. The molecule has 19 heavy (non-hydrogen) atoms. The van der Waals surface area contributed by atoms with Gasteiger partial charge < -0.3 is 9.73 Å². The average Bonchev–Trinajstić information content (AvgIpc) is 2.78. The molecule has 3 heteroatoms. The summed E-state index contributed by atoms with van der Waals surface area (Å²) >= 11 is 2.06. The molecule has 2 heterocycles. The number of furan rings is 1. The molecular formula is C16H21NOS. The first-order valence-electron chi connectivity index (χ1n) is 7.07. The van der Waals surface area contributed by atoms with Crippen molar-refractivity contribution in [2.75, 3.05) is 11.5 Å². The van der Waals surface area contributed by atoms with Crippen LogP contribution in [-0.2, 0) is 0 Å². The molecule has 1 aromatic carbocycles. The van der Waals surface area contributed by atoms with E-state index in [1.807, 2.05) is 6.07 Å². The van der Waals surface area contributed by atoms with E-state index in [0.29, 0.717) is 6.04 Å². The smallest absolute Gasteiger partial charge is 0.134 e. The SMILES string of the molecule is Cc1c(C(C)NC2CCCSC2)oc2ccccc12. The molecule has 2 aromatic rings. The quantitative estimate of drug-likeness (QED) is 0.904. The van der Waals surface area contributed by atoms with Crippen LogP contribution in [0, 0.1) is 6.92 Å². The fourth-order valence-electron chi connectivity index (χ4n) is 2.91. The highest BCUT2D eigenvalue weighted by Gasteiger charge is 2.21. The molecule has 1 aromatic heterocycles. The van der Waals surface area contributed by atoms with E-state index in [4.69, 9.17) is 4.42 Å². The molecule has 0 amide bonds. The Morgan fingerprint density at radius 2 is 2.21 bits per heavy atom. The van der Waals surface area contributed by atoms with E-state index in [0.717, 1.165) is 11.3 Å². The molecule has 2 unspecified atom stereocenters. The summed E-state index contributed by atoms with van der Waals surface area (Å²) in [7, 11) is 0. The predicted octanol–water partition coefficient (Wildman–Crippen LogP) is 4.29. The zero-order valence-electron chi connectivity index (χ0n) is 11.6. The Labute approximate surface area is 118 Å². The second-order valence-electron chi connectivity index (χ2n) is 5.39. The Bertz CT molecular complexity index is 557. The minimum Gasteiger partial charge on any atom is -0.459 e. The summed E-state index contributed by atoms with van der Waals surface area (Å²) in [4.78, 5) is 0. The zero-order valence-corrected chi connectivity index (χ0v) is 12.4. The lowest BCUT2D eigenvalue weighted by Gasteiger charge is -2.25. The summed E-state index contributed by atoms with van der Waals surface area (Å²) in [5, 5.41) is 4.96. The lowest BCUT2D eigenvalue weighted by atomic mass is 10.1. The second kappa shape index (κ2) is 5.59. The summed E-state index contributed by atoms with van der Waals surface area (Å²) in [6.07, 6.45) is 2.62. The minimum atomic E-state index is 0.288. The first-order valence-corrected chi connectivity index (χ1v) is 8.23. The van der Waals surface area contributed by atoms with Crippen LogP contribution < -0.4 is 5.32 Å². The van der Waals surface area contributed by atoms with E-state index in [2.05, 4.69) is 49.1 Å². The molecule has 1 aliphatic rings. The van der Waals surface area contributed by atoms with Gasteiger partial charge in [0.25, 0.3) is 0 Å². The van der Waals surface area contributed by atoms with Crippen molar-refractivity contribution in [3.05, 3.63) is 35.6 Å². The van der Waals surface area contributed by atoms with Crippen LogP contribution in [0.3, 0.4) is 0 Å². The summed E-state index contributed by atoms with van der Waals surface area (Å²) < 4.78 is 6.03. The first-order chi connectivity index (χ1) is 9.25. The van der Waals surface area contributed by atoms with Crippen LogP contribution in [-0.4, -0.2) is 17.5 Å². The van der Waals surface area contributed by atoms with Crippen molar-refractivity contribution < 1.29 is 4.42 Å². The van der Waals surface area contributed by atoms with E-state index >= 15 is 0 Å². The number of hydrogen-bond acceptors (Lipinski definition) is 3.